The van der Waals surface area contributed by atoms with Crippen molar-refractivity contribution in [2.24, 2.45) is 16.6 Å². The number of hydrogen-bond acceptors (Lipinski definition) is 2. The minimum absolute atomic E-state index is 0. The van der Waals surface area contributed by atoms with Crippen LogP contribution in [0.5, 0.6) is 0 Å². The van der Waals surface area contributed by atoms with E-state index in [9.17, 15) is 0 Å². The summed E-state index contributed by atoms with van der Waals surface area (Å²) >= 11 is 0. The van der Waals surface area contributed by atoms with Gasteiger partial charge in [-0.3, -0.25) is 0 Å². The van der Waals surface area contributed by atoms with Gasteiger partial charge in [-0.2, -0.15) is 0 Å². The first-order valence-corrected chi connectivity index (χ1v) is 6.57. The van der Waals surface area contributed by atoms with Crippen LogP contribution in [0.3, 0.4) is 0 Å². The molecule has 2 aliphatic rings. The molecule has 1 saturated heterocycles. The zero-order chi connectivity index (χ0) is 12.3. The first-order chi connectivity index (χ1) is 8.15. The Bertz CT molecular complexity index is 312. The minimum atomic E-state index is 0. The van der Waals surface area contributed by atoms with Crippen molar-refractivity contribution in [3.05, 3.63) is 12.2 Å². The third-order valence-corrected chi connectivity index (χ3v) is 3.47. The fourth-order valence-electron chi connectivity index (χ4n) is 2.33. The van der Waals surface area contributed by atoms with Gasteiger partial charge in [-0.05, 0) is 38.6 Å². The van der Waals surface area contributed by atoms with Crippen molar-refractivity contribution in [2.45, 2.75) is 32.2 Å². The molecule has 0 aromatic heterocycles. The number of guanidine groups is 1. The van der Waals surface area contributed by atoms with E-state index in [-0.39, 0.29) is 24.0 Å². The summed E-state index contributed by atoms with van der Waals surface area (Å²) in [6.45, 7) is 9.83. The summed E-state index contributed by atoms with van der Waals surface area (Å²) < 4.78 is 0. The fourth-order valence-corrected chi connectivity index (χ4v) is 2.33. The summed E-state index contributed by atoms with van der Waals surface area (Å²) in [4.78, 5) is 6.84. The predicted octanol–water partition coefficient (Wildman–Crippen LogP) is 1.57. The Morgan fingerprint density at radius 1 is 1.44 bits per heavy atom. The molecule has 0 spiro atoms. The molecule has 4 nitrogen and oxygen atoms in total. The molecule has 0 amide bonds. The molecule has 1 saturated carbocycles. The minimum Gasteiger partial charge on any atom is -0.370 e. The molecule has 0 bridgehead atoms. The van der Waals surface area contributed by atoms with Gasteiger partial charge in [0, 0.05) is 19.1 Å². The Morgan fingerprint density at radius 3 is 2.78 bits per heavy atom. The SMILES string of the molecule is C=C(C)CN=C(N)NCC1CCN(C2CC2)C1.I. The Kier molecular flexibility index (Phi) is 6.42. The molecule has 1 unspecified atom stereocenters. The fraction of sp³-hybridized carbons (Fsp3) is 0.769. The van der Waals surface area contributed by atoms with E-state index < -0.39 is 0 Å². The van der Waals surface area contributed by atoms with Crippen molar-refractivity contribution in [1.82, 2.24) is 10.2 Å². The van der Waals surface area contributed by atoms with E-state index in [1.54, 1.807) is 0 Å². The maximum Gasteiger partial charge on any atom is 0.188 e. The van der Waals surface area contributed by atoms with Crippen LogP contribution in [0.1, 0.15) is 26.2 Å². The van der Waals surface area contributed by atoms with Crippen LogP contribution in [0.15, 0.2) is 17.1 Å². The summed E-state index contributed by atoms with van der Waals surface area (Å²) in [7, 11) is 0. The van der Waals surface area contributed by atoms with Crippen molar-refractivity contribution in [3.63, 3.8) is 0 Å². The lowest BCUT2D eigenvalue weighted by molar-refractivity contribution is 0.314. The van der Waals surface area contributed by atoms with Crippen molar-refractivity contribution in [3.8, 4) is 0 Å². The Balaban J connectivity index is 0.00000162. The van der Waals surface area contributed by atoms with Crippen LogP contribution < -0.4 is 11.1 Å². The van der Waals surface area contributed by atoms with E-state index in [1.165, 1.54) is 32.4 Å². The lowest BCUT2D eigenvalue weighted by atomic mass is 10.1. The summed E-state index contributed by atoms with van der Waals surface area (Å²) in [6.07, 6.45) is 4.10. The first-order valence-electron chi connectivity index (χ1n) is 6.57. The van der Waals surface area contributed by atoms with Gasteiger partial charge in [0.1, 0.15) is 0 Å². The second-order valence-electron chi connectivity index (χ2n) is 5.42. The number of nitrogens with one attached hydrogen (secondary N) is 1. The smallest absolute Gasteiger partial charge is 0.188 e. The van der Waals surface area contributed by atoms with E-state index in [2.05, 4.69) is 21.8 Å². The number of hydrogen-bond donors (Lipinski definition) is 2. The van der Waals surface area contributed by atoms with E-state index in [1.807, 2.05) is 6.92 Å². The third-order valence-electron chi connectivity index (χ3n) is 3.47. The molecule has 3 N–H and O–H groups in total. The van der Waals surface area contributed by atoms with Gasteiger partial charge in [0.05, 0.1) is 6.54 Å². The number of halogens is 1. The van der Waals surface area contributed by atoms with Crippen LogP contribution in [0, 0.1) is 5.92 Å². The molecule has 1 aliphatic carbocycles. The topological polar surface area (TPSA) is 53.6 Å². The van der Waals surface area contributed by atoms with Gasteiger partial charge >= 0.3 is 0 Å². The molecule has 1 heterocycles. The van der Waals surface area contributed by atoms with E-state index in [4.69, 9.17) is 5.73 Å². The van der Waals surface area contributed by atoms with Gasteiger partial charge in [0.15, 0.2) is 5.96 Å². The average molecular weight is 364 g/mol. The number of nitrogens with two attached hydrogens (primary N) is 1. The quantitative estimate of drug-likeness (QED) is 0.337. The van der Waals surface area contributed by atoms with Gasteiger partial charge in [-0.25, -0.2) is 4.99 Å². The summed E-state index contributed by atoms with van der Waals surface area (Å²) in [5, 5.41) is 3.22. The highest BCUT2D eigenvalue weighted by Crippen LogP contribution is 2.31. The Hall–Kier alpha value is -0.300. The Morgan fingerprint density at radius 2 is 2.17 bits per heavy atom. The molecule has 104 valence electrons. The van der Waals surface area contributed by atoms with Crippen molar-refractivity contribution in [1.29, 1.82) is 0 Å². The van der Waals surface area contributed by atoms with Crippen LogP contribution in [-0.4, -0.2) is 43.1 Å². The summed E-state index contributed by atoms with van der Waals surface area (Å²) in [6, 6.07) is 0.898. The van der Waals surface area contributed by atoms with E-state index >= 15 is 0 Å². The van der Waals surface area contributed by atoms with Crippen molar-refractivity contribution in [2.75, 3.05) is 26.2 Å². The van der Waals surface area contributed by atoms with E-state index in [0.29, 0.717) is 12.5 Å². The van der Waals surface area contributed by atoms with Gasteiger partial charge in [-0.1, -0.05) is 12.2 Å². The van der Waals surface area contributed by atoms with Gasteiger partial charge < -0.3 is 16.0 Å². The zero-order valence-corrected chi connectivity index (χ0v) is 13.5. The normalized spacial score (nSPS) is 24.7. The highest BCUT2D eigenvalue weighted by molar-refractivity contribution is 14.0. The maximum atomic E-state index is 5.79. The number of rotatable bonds is 5. The Labute approximate surface area is 127 Å². The highest BCUT2D eigenvalue weighted by atomic mass is 127. The molecule has 1 atom stereocenters. The lowest BCUT2D eigenvalue weighted by Gasteiger charge is -2.15. The molecule has 2 rings (SSSR count). The molecule has 5 heteroatoms. The molecule has 18 heavy (non-hydrogen) atoms. The second-order valence-corrected chi connectivity index (χ2v) is 5.42. The van der Waals surface area contributed by atoms with Gasteiger partial charge in [0.2, 0.25) is 0 Å². The van der Waals surface area contributed by atoms with Gasteiger partial charge in [-0.15, -0.1) is 24.0 Å². The largest absolute Gasteiger partial charge is 0.370 e. The molecular formula is C13H25IN4. The summed E-state index contributed by atoms with van der Waals surface area (Å²) in [5.41, 5.74) is 6.83. The zero-order valence-electron chi connectivity index (χ0n) is 11.2. The molecule has 1 aliphatic heterocycles. The van der Waals surface area contributed by atoms with Gasteiger partial charge in [0.25, 0.3) is 0 Å². The van der Waals surface area contributed by atoms with Crippen LogP contribution in [-0.2, 0) is 0 Å². The van der Waals surface area contributed by atoms with Crippen molar-refractivity contribution < 1.29 is 0 Å². The third kappa shape index (κ3) is 5.14. The standard InChI is InChI=1S/C13H24N4.HI/c1-10(2)7-15-13(14)16-8-11-5-6-17(9-11)12-3-4-12;/h11-12H,1,3-9H2,2H3,(H3,14,15,16);1H. The number of aliphatic imine (C=N–C) groups is 1. The molecule has 0 aromatic carbocycles. The van der Waals surface area contributed by atoms with E-state index in [0.717, 1.165) is 24.1 Å². The first kappa shape index (κ1) is 15.8. The summed E-state index contributed by atoms with van der Waals surface area (Å²) in [5.74, 6) is 1.28. The van der Waals surface area contributed by atoms with Crippen LogP contribution in [0.2, 0.25) is 0 Å². The van der Waals surface area contributed by atoms with Crippen LogP contribution in [0.4, 0.5) is 0 Å². The average Bonchev–Trinajstić information content (AvgIpc) is 3.04. The lowest BCUT2D eigenvalue weighted by Crippen LogP contribution is -2.36. The molecular weight excluding hydrogens is 339 g/mol. The highest BCUT2D eigenvalue weighted by Gasteiger charge is 2.34. The molecule has 0 aromatic rings. The molecule has 2 fully saturated rings. The monoisotopic (exact) mass is 364 g/mol. The van der Waals surface area contributed by atoms with Crippen molar-refractivity contribution >= 4 is 29.9 Å². The molecule has 0 radical (unpaired) electrons. The predicted molar refractivity (Wildman–Crippen MR) is 87.4 cm³/mol. The van der Waals surface area contributed by atoms with Crippen LogP contribution >= 0.6 is 24.0 Å². The number of nitrogens with zero attached hydrogens (tertiary/aromatic N) is 2. The number of likely N-dealkylation sites (tertiary alicyclic amines) is 1. The van der Waals surface area contributed by atoms with Crippen LogP contribution in [0.25, 0.3) is 0 Å². The maximum absolute atomic E-state index is 5.79. The second kappa shape index (κ2) is 7.33.